The maximum Gasteiger partial charge on any atom is 0.201 e. The van der Waals surface area contributed by atoms with Crippen molar-refractivity contribution in [1.29, 1.82) is 0 Å². The maximum absolute atomic E-state index is 12.9. The third kappa shape index (κ3) is 1.96. The highest BCUT2D eigenvalue weighted by atomic mass is 16.3. The molecule has 0 saturated carbocycles. The van der Waals surface area contributed by atoms with Crippen LogP contribution in [0.3, 0.4) is 0 Å². The number of phenols is 2. The van der Waals surface area contributed by atoms with E-state index in [-0.39, 0.29) is 16.9 Å². The second-order valence-electron chi connectivity index (χ2n) is 5.31. The van der Waals surface area contributed by atoms with Gasteiger partial charge in [-0.3, -0.25) is 4.79 Å². The second-order valence-corrected chi connectivity index (χ2v) is 5.31. The molecular formula is C19H12O4. The summed E-state index contributed by atoms with van der Waals surface area (Å²) in [6, 6.07) is 15.5. The van der Waals surface area contributed by atoms with E-state index in [0.717, 1.165) is 5.56 Å². The standard InChI is InChI=1S/C19H12O4/c20-15-8-6-12-13(18(15)21)7-9-16-17(12)19(22)14(10-23-16)11-4-2-1-3-5-11/h1-10,20-21H. The molecule has 0 aliphatic rings. The zero-order valence-corrected chi connectivity index (χ0v) is 12.0. The number of benzene rings is 3. The molecule has 0 aliphatic heterocycles. The number of hydrogen-bond acceptors (Lipinski definition) is 4. The van der Waals surface area contributed by atoms with Gasteiger partial charge in [0.25, 0.3) is 0 Å². The summed E-state index contributed by atoms with van der Waals surface area (Å²) in [7, 11) is 0. The number of phenolic OH excluding ortho intramolecular Hbond substituents is 2. The molecule has 1 aromatic heterocycles. The van der Waals surface area contributed by atoms with E-state index in [0.29, 0.717) is 27.3 Å². The molecule has 0 aliphatic carbocycles. The molecule has 4 aromatic rings. The molecule has 4 nitrogen and oxygen atoms in total. The molecule has 0 radical (unpaired) electrons. The smallest absolute Gasteiger partial charge is 0.201 e. The van der Waals surface area contributed by atoms with Crippen LogP contribution in [-0.2, 0) is 0 Å². The summed E-state index contributed by atoms with van der Waals surface area (Å²) in [6.07, 6.45) is 1.45. The van der Waals surface area contributed by atoms with Crippen molar-refractivity contribution in [3.05, 3.63) is 71.1 Å². The van der Waals surface area contributed by atoms with Crippen LogP contribution in [0.25, 0.3) is 32.9 Å². The molecule has 0 saturated heterocycles. The van der Waals surface area contributed by atoms with Crippen LogP contribution in [0.15, 0.2) is 70.1 Å². The van der Waals surface area contributed by atoms with E-state index in [2.05, 4.69) is 0 Å². The van der Waals surface area contributed by atoms with Gasteiger partial charge < -0.3 is 14.6 Å². The Bertz CT molecular complexity index is 1100. The number of rotatable bonds is 1. The van der Waals surface area contributed by atoms with E-state index < -0.39 is 0 Å². The van der Waals surface area contributed by atoms with Crippen molar-refractivity contribution in [2.45, 2.75) is 0 Å². The summed E-state index contributed by atoms with van der Waals surface area (Å²) in [5.41, 5.74) is 1.49. The molecule has 1 heterocycles. The fourth-order valence-electron chi connectivity index (χ4n) is 2.82. The molecule has 4 rings (SSSR count). The topological polar surface area (TPSA) is 70.7 Å². The van der Waals surface area contributed by atoms with Gasteiger partial charge in [-0.15, -0.1) is 0 Å². The number of aromatic hydroxyl groups is 2. The molecule has 0 unspecified atom stereocenters. The second kappa shape index (κ2) is 4.88. The number of hydrogen-bond donors (Lipinski definition) is 2. The van der Waals surface area contributed by atoms with Crippen LogP contribution in [0.1, 0.15) is 0 Å². The van der Waals surface area contributed by atoms with Gasteiger partial charge in [-0.1, -0.05) is 30.3 Å². The first-order valence-corrected chi connectivity index (χ1v) is 7.11. The highest BCUT2D eigenvalue weighted by Gasteiger charge is 2.14. The Balaban J connectivity index is 2.16. The van der Waals surface area contributed by atoms with Crippen molar-refractivity contribution in [1.82, 2.24) is 0 Å². The van der Waals surface area contributed by atoms with Crippen LogP contribution in [0.2, 0.25) is 0 Å². The minimum absolute atomic E-state index is 0.173. The highest BCUT2D eigenvalue weighted by molar-refractivity contribution is 6.09. The van der Waals surface area contributed by atoms with Gasteiger partial charge in [0, 0.05) is 10.8 Å². The zero-order valence-electron chi connectivity index (χ0n) is 12.0. The van der Waals surface area contributed by atoms with Crippen LogP contribution in [0.5, 0.6) is 11.5 Å². The first-order chi connectivity index (χ1) is 11.2. The molecule has 0 spiro atoms. The molecule has 112 valence electrons. The van der Waals surface area contributed by atoms with E-state index in [4.69, 9.17) is 4.42 Å². The lowest BCUT2D eigenvalue weighted by atomic mass is 10.0. The Morgan fingerprint density at radius 2 is 1.57 bits per heavy atom. The molecule has 2 N–H and O–H groups in total. The van der Waals surface area contributed by atoms with E-state index in [1.165, 1.54) is 12.3 Å². The van der Waals surface area contributed by atoms with Crippen LogP contribution < -0.4 is 5.43 Å². The van der Waals surface area contributed by atoms with Crippen LogP contribution in [-0.4, -0.2) is 10.2 Å². The molecule has 23 heavy (non-hydrogen) atoms. The molecule has 0 amide bonds. The average Bonchev–Trinajstić information content (AvgIpc) is 2.59. The first kappa shape index (κ1) is 13.4. The summed E-state index contributed by atoms with van der Waals surface area (Å²) in [5.74, 6) is -0.464. The molecule has 0 atom stereocenters. The Morgan fingerprint density at radius 3 is 2.35 bits per heavy atom. The molecule has 0 fully saturated rings. The Kier molecular flexibility index (Phi) is 2.84. The van der Waals surface area contributed by atoms with Crippen molar-refractivity contribution >= 4 is 21.7 Å². The van der Waals surface area contributed by atoms with Crippen molar-refractivity contribution in [3.8, 4) is 22.6 Å². The zero-order chi connectivity index (χ0) is 16.0. The van der Waals surface area contributed by atoms with Crippen LogP contribution in [0, 0.1) is 0 Å². The van der Waals surface area contributed by atoms with Crippen LogP contribution in [0.4, 0.5) is 0 Å². The van der Waals surface area contributed by atoms with Gasteiger partial charge in [-0.25, -0.2) is 0 Å². The SMILES string of the molecule is O=c1c(-c2ccccc2)coc2ccc3c(O)c(O)ccc3c12. The monoisotopic (exact) mass is 304 g/mol. The largest absolute Gasteiger partial charge is 0.504 e. The Hall–Kier alpha value is -3.27. The van der Waals surface area contributed by atoms with Crippen LogP contribution >= 0.6 is 0 Å². The molecular weight excluding hydrogens is 292 g/mol. The lowest BCUT2D eigenvalue weighted by Crippen LogP contribution is -2.05. The molecule has 0 bridgehead atoms. The van der Waals surface area contributed by atoms with Gasteiger partial charge in [0.05, 0.1) is 10.9 Å². The quantitative estimate of drug-likeness (QED) is 0.411. The van der Waals surface area contributed by atoms with Crippen molar-refractivity contribution in [2.75, 3.05) is 0 Å². The number of fused-ring (bicyclic) bond motifs is 3. The van der Waals surface area contributed by atoms with Crippen molar-refractivity contribution in [3.63, 3.8) is 0 Å². The summed E-state index contributed by atoms with van der Waals surface area (Å²) in [6.45, 7) is 0. The Labute approximate surface area is 130 Å². The van der Waals surface area contributed by atoms with E-state index in [1.807, 2.05) is 30.3 Å². The average molecular weight is 304 g/mol. The summed E-state index contributed by atoms with van der Waals surface area (Å²) >= 11 is 0. The third-order valence-corrected chi connectivity index (χ3v) is 3.97. The predicted molar refractivity (Wildman–Crippen MR) is 88.8 cm³/mol. The van der Waals surface area contributed by atoms with Crippen molar-refractivity contribution < 1.29 is 14.6 Å². The first-order valence-electron chi connectivity index (χ1n) is 7.11. The lowest BCUT2D eigenvalue weighted by molar-refractivity contribution is 0.408. The lowest BCUT2D eigenvalue weighted by Gasteiger charge is -2.07. The van der Waals surface area contributed by atoms with E-state index in [1.54, 1.807) is 18.2 Å². The third-order valence-electron chi connectivity index (χ3n) is 3.97. The van der Waals surface area contributed by atoms with Gasteiger partial charge in [0.15, 0.2) is 11.5 Å². The van der Waals surface area contributed by atoms with E-state index >= 15 is 0 Å². The molecule has 3 aromatic carbocycles. The normalized spacial score (nSPS) is 11.1. The predicted octanol–water partition coefficient (Wildman–Crippen LogP) is 4.02. The van der Waals surface area contributed by atoms with Gasteiger partial charge in [0.1, 0.15) is 11.8 Å². The fraction of sp³-hybridized carbons (Fsp3) is 0. The van der Waals surface area contributed by atoms with Crippen molar-refractivity contribution in [2.24, 2.45) is 0 Å². The highest BCUT2D eigenvalue weighted by Crippen LogP contribution is 2.36. The Morgan fingerprint density at radius 1 is 0.826 bits per heavy atom. The summed E-state index contributed by atoms with van der Waals surface area (Å²) < 4.78 is 5.61. The van der Waals surface area contributed by atoms with Gasteiger partial charge >= 0.3 is 0 Å². The maximum atomic E-state index is 12.9. The minimum atomic E-state index is -0.242. The van der Waals surface area contributed by atoms with Gasteiger partial charge in [-0.2, -0.15) is 0 Å². The fourth-order valence-corrected chi connectivity index (χ4v) is 2.82. The molecule has 4 heteroatoms. The van der Waals surface area contributed by atoms with Gasteiger partial charge in [-0.05, 0) is 29.8 Å². The summed E-state index contributed by atoms with van der Waals surface area (Å²) in [4.78, 5) is 12.9. The van der Waals surface area contributed by atoms with Gasteiger partial charge in [0.2, 0.25) is 5.43 Å². The summed E-state index contributed by atoms with van der Waals surface area (Å²) in [5, 5.41) is 21.0. The van der Waals surface area contributed by atoms with E-state index in [9.17, 15) is 15.0 Å². The minimum Gasteiger partial charge on any atom is -0.504 e.